The van der Waals surface area contributed by atoms with Crippen molar-refractivity contribution in [2.75, 3.05) is 19.6 Å². The van der Waals surface area contributed by atoms with Gasteiger partial charge in [0.1, 0.15) is 5.69 Å². The topological polar surface area (TPSA) is 59.2 Å². The first-order valence-electron chi connectivity index (χ1n) is 5.66. The van der Waals surface area contributed by atoms with E-state index in [1.807, 2.05) is 13.8 Å². The first kappa shape index (κ1) is 13.9. The van der Waals surface area contributed by atoms with Gasteiger partial charge in [0.25, 0.3) is 5.91 Å². The molecule has 0 spiro atoms. The Hall–Kier alpha value is -1.20. The Labute approximate surface area is 106 Å². The number of amides is 1. The Kier molecular flexibility index (Phi) is 5.31. The molecule has 1 aromatic heterocycles. The highest BCUT2D eigenvalue weighted by Gasteiger charge is 2.17. The third kappa shape index (κ3) is 3.94. The highest BCUT2D eigenvalue weighted by Crippen LogP contribution is 2.12. The van der Waals surface area contributed by atoms with Gasteiger partial charge in [0.2, 0.25) is 0 Å². The van der Waals surface area contributed by atoms with Gasteiger partial charge in [-0.2, -0.15) is 0 Å². The van der Waals surface area contributed by atoms with Gasteiger partial charge in [-0.1, -0.05) is 12.2 Å². The molecule has 4 nitrogen and oxygen atoms in total. The molecular formula is C12H19N3OS. The first-order valence-corrected chi connectivity index (χ1v) is 6.54. The van der Waals surface area contributed by atoms with E-state index in [2.05, 4.69) is 11.6 Å². The van der Waals surface area contributed by atoms with Crippen LogP contribution >= 0.6 is 11.3 Å². The maximum absolute atomic E-state index is 12.1. The second-order valence-electron chi connectivity index (χ2n) is 3.94. The van der Waals surface area contributed by atoms with Crippen LogP contribution in [0.5, 0.6) is 0 Å². The van der Waals surface area contributed by atoms with Crippen LogP contribution in [0.2, 0.25) is 0 Å². The van der Waals surface area contributed by atoms with E-state index in [9.17, 15) is 4.79 Å². The van der Waals surface area contributed by atoms with Gasteiger partial charge in [-0.05, 0) is 20.4 Å². The van der Waals surface area contributed by atoms with Crippen LogP contribution in [0.15, 0.2) is 17.5 Å². The van der Waals surface area contributed by atoms with E-state index < -0.39 is 0 Å². The fourth-order valence-electron chi connectivity index (χ4n) is 1.46. The predicted molar refractivity (Wildman–Crippen MR) is 71.3 cm³/mol. The molecule has 94 valence electrons. The minimum atomic E-state index is -0.0324. The molecule has 0 radical (unpaired) electrons. The summed E-state index contributed by atoms with van der Waals surface area (Å²) in [5, 5.41) is 2.72. The number of hydrogen-bond acceptors (Lipinski definition) is 4. The van der Waals surface area contributed by atoms with Crippen LogP contribution in [-0.4, -0.2) is 35.4 Å². The molecule has 0 aliphatic heterocycles. The van der Waals surface area contributed by atoms with Gasteiger partial charge < -0.3 is 10.6 Å². The number of carbonyl (C=O) groups is 1. The summed E-state index contributed by atoms with van der Waals surface area (Å²) >= 11 is 1.49. The lowest BCUT2D eigenvalue weighted by Gasteiger charge is -2.19. The molecule has 0 aliphatic rings. The van der Waals surface area contributed by atoms with Gasteiger partial charge >= 0.3 is 0 Å². The molecule has 1 rings (SSSR count). The zero-order valence-electron chi connectivity index (χ0n) is 10.4. The third-order valence-electron chi connectivity index (χ3n) is 2.26. The Morgan fingerprint density at radius 2 is 2.35 bits per heavy atom. The molecule has 0 saturated carbocycles. The molecule has 5 heteroatoms. The van der Waals surface area contributed by atoms with Gasteiger partial charge in [-0.25, -0.2) is 4.98 Å². The van der Waals surface area contributed by atoms with Crippen molar-refractivity contribution in [3.63, 3.8) is 0 Å². The van der Waals surface area contributed by atoms with Crippen molar-refractivity contribution in [1.82, 2.24) is 9.88 Å². The van der Waals surface area contributed by atoms with E-state index >= 15 is 0 Å². The van der Waals surface area contributed by atoms with Gasteiger partial charge in [0, 0.05) is 24.9 Å². The highest BCUT2D eigenvalue weighted by atomic mass is 32.1. The van der Waals surface area contributed by atoms with E-state index in [0.717, 1.165) is 17.0 Å². The summed E-state index contributed by atoms with van der Waals surface area (Å²) in [4.78, 5) is 18.2. The normalized spacial score (nSPS) is 10.3. The second-order valence-corrected chi connectivity index (χ2v) is 4.88. The van der Waals surface area contributed by atoms with E-state index in [-0.39, 0.29) is 5.91 Å². The fraction of sp³-hybridized carbons (Fsp3) is 0.500. The predicted octanol–water partition coefficient (Wildman–Crippen LogP) is 1.68. The number of aromatic nitrogens is 1. The number of likely N-dealkylation sites (N-methyl/N-ethyl adjacent to an activating group) is 1. The quantitative estimate of drug-likeness (QED) is 0.785. The largest absolute Gasteiger partial charge is 0.334 e. The molecule has 0 unspecified atom stereocenters. The van der Waals surface area contributed by atoms with Crippen molar-refractivity contribution in [1.29, 1.82) is 0 Å². The van der Waals surface area contributed by atoms with Crippen molar-refractivity contribution in [2.24, 2.45) is 5.73 Å². The van der Waals surface area contributed by atoms with Crippen molar-refractivity contribution >= 4 is 17.2 Å². The van der Waals surface area contributed by atoms with E-state index in [4.69, 9.17) is 5.73 Å². The van der Waals surface area contributed by atoms with E-state index in [0.29, 0.717) is 25.3 Å². The molecule has 17 heavy (non-hydrogen) atoms. The summed E-state index contributed by atoms with van der Waals surface area (Å²) in [6.07, 6.45) is 0.727. The molecule has 1 heterocycles. The van der Waals surface area contributed by atoms with Gasteiger partial charge in [-0.15, -0.1) is 11.3 Å². The van der Waals surface area contributed by atoms with Gasteiger partial charge in [0.05, 0.1) is 5.01 Å². The number of thiazole rings is 1. The van der Waals surface area contributed by atoms with Crippen LogP contribution in [0.4, 0.5) is 0 Å². The summed E-state index contributed by atoms with van der Waals surface area (Å²) in [5.74, 6) is -0.0324. The van der Waals surface area contributed by atoms with E-state index in [1.54, 1.807) is 10.3 Å². The third-order valence-corrected chi connectivity index (χ3v) is 3.17. The molecule has 0 bridgehead atoms. The lowest BCUT2D eigenvalue weighted by molar-refractivity contribution is 0.0773. The Bertz CT molecular complexity index is 400. The number of nitrogens with zero attached hydrogens (tertiary/aromatic N) is 2. The monoisotopic (exact) mass is 253 g/mol. The summed E-state index contributed by atoms with van der Waals surface area (Å²) in [7, 11) is 0. The van der Waals surface area contributed by atoms with Crippen molar-refractivity contribution in [2.45, 2.75) is 20.3 Å². The number of hydrogen-bond donors (Lipinski definition) is 1. The van der Waals surface area contributed by atoms with Crippen LogP contribution in [0.25, 0.3) is 0 Å². The van der Waals surface area contributed by atoms with Crippen LogP contribution in [-0.2, 0) is 6.42 Å². The van der Waals surface area contributed by atoms with Crippen LogP contribution in [0, 0.1) is 0 Å². The molecule has 0 atom stereocenters. The molecule has 1 amide bonds. The standard InChI is InChI=1S/C12H19N3OS/c1-4-15(7-9(2)3)12(16)10-8-17-11(14-10)5-6-13/h8H,2,4-7,13H2,1,3H3. The molecule has 0 aliphatic carbocycles. The average molecular weight is 253 g/mol. The van der Waals surface area contributed by atoms with Crippen LogP contribution in [0.1, 0.15) is 29.3 Å². The number of rotatable bonds is 6. The van der Waals surface area contributed by atoms with Gasteiger partial charge in [0.15, 0.2) is 0 Å². The summed E-state index contributed by atoms with van der Waals surface area (Å²) in [5.41, 5.74) is 6.94. The van der Waals surface area contributed by atoms with Crippen molar-refractivity contribution < 1.29 is 4.79 Å². The summed E-state index contributed by atoms with van der Waals surface area (Å²) in [6, 6.07) is 0. The summed E-state index contributed by atoms with van der Waals surface area (Å²) < 4.78 is 0. The Morgan fingerprint density at radius 1 is 1.65 bits per heavy atom. The SMILES string of the molecule is C=C(C)CN(CC)C(=O)c1csc(CCN)n1. The average Bonchev–Trinajstić information content (AvgIpc) is 2.74. The fourth-order valence-corrected chi connectivity index (χ4v) is 2.25. The molecule has 1 aromatic rings. The summed E-state index contributed by atoms with van der Waals surface area (Å²) in [6.45, 7) is 9.50. The Morgan fingerprint density at radius 3 is 2.88 bits per heavy atom. The van der Waals surface area contributed by atoms with Crippen LogP contribution in [0.3, 0.4) is 0 Å². The van der Waals surface area contributed by atoms with E-state index in [1.165, 1.54) is 11.3 Å². The molecule has 2 N–H and O–H groups in total. The van der Waals surface area contributed by atoms with Gasteiger partial charge in [-0.3, -0.25) is 4.79 Å². The minimum absolute atomic E-state index is 0.0324. The zero-order valence-corrected chi connectivity index (χ0v) is 11.2. The molecular weight excluding hydrogens is 234 g/mol. The molecule has 0 saturated heterocycles. The molecule has 0 fully saturated rings. The second kappa shape index (κ2) is 6.51. The molecule has 0 aromatic carbocycles. The first-order chi connectivity index (χ1) is 8.08. The highest BCUT2D eigenvalue weighted by molar-refractivity contribution is 7.09. The van der Waals surface area contributed by atoms with Crippen LogP contribution < -0.4 is 5.73 Å². The maximum atomic E-state index is 12.1. The smallest absolute Gasteiger partial charge is 0.273 e. The Balaban J connectivity index is 2.75. The zero-order chi connectivity index (χ0) is 12.8. The van der Waals surface area contributed by atoms with Crippen molar-refractivity contribution in [3.05, 3.63) is 28.2 Å². The lowest BCUT2D eigenvalue weighted by atomic mass is 10.3. The minimum Gasteiger partial charge on any atom is -0.334 e. The number of carbonyl (C=O) groups excluding carboxylic acids is 1. The van der Waals surface area contributed by atoms with Crippen molar-refractivity contribution in [3.8, 4) is 0 Å². The number of nitrogens with two attached hydrogens (primary N) is 1. The lowest BCUT2D eigenvalue weighted by Crippen LogP contribution is -2.32. The maximum Gasteiger partial charge on any atom is 0.273 e.